The molecule has 18 heavy (non-hydrogen) atoms. The maximum absolute atomic E-state index is 11.9. The Kier molecular flexibility index (Phi) is 5.59. The Labute approximate surface area is 109 Å². The van der Waals surface area contributed by atoms with Gasteiger partial charge in [0.1, 0.15) is 0 Å². The van der Waals surface area contributed by atoms with Crippen molar-refractivity contribution in [1.82, 2.24) is 9.80 Å². The first-order valence-electron chi connectivity index (χ1n) is 6.74. The highest BCUT2D eigenvalue weighted by molar-refractivity contribution is 5.79. The van der Waals surface area contributed by atoms with Crippen LogP contribution in [0.15, 0.2) is 0 Å². The van der Waals surface area contributed by atoms with Crippen LogP contribution in [0.1, 0.15) is 33.6 Å². The molecular formula is C13H25N3O2. The Morgan fingerprint density at radius 3 is 2.17 bits per heavy atom. The summed E-state index contributed by atoms with van der Waals surface area (Å²) in [5.74, 6) is 0.302. The van der Waals surface area contributed by atoms with Crippen LogP contribution in [0.3, 0.4) is 0 Å². The van der Waals surface area contributed by atoms with Gasteiger partial charge in [-0.2, -0.15) is 0 Å². The highest BCUT2D eigenvalue weighted by atomic mass is 16.2. The SMILES string of the molecule is CC(N)CC(=O)N1CCCN(C(=O)C(C)C)CC1. The highest BCUT2D eigenvalue weighted by Crippen LogP contribution is 2.09. The van der Waals surface area contributed by atoms with Crippen molar-refractivity contribution in [2.75, 3.05) is 26.2 Å². The van der Waals surface area contributed by atoms with Gasteiger partial charge in [-0.3, -0.25) is 9.59 Å². The molecule has 0 bridgehead atoms. The van der Waals surface area contributed by atoms with E-state index in [1.54, 1.807) is 0 Å². The van der Waals surface area contributed by atoms with Crippen LogP contribution < -0.4 is 5.73 Å². The highest BCUT2D eigenvalue weighted by Gasteiger charge is 2.23. The number of amides is 2. The van der Waals surface area contributed by atoms with Gasteiger partial charge in [0.15, 0.2) is 0 Å². The van der Waals surface area contributed by atoms with E-state index < -0.39 is 0 Å². The predicted molar refractivity (Wildman–Crippen MR) is 70.9 cm³/mol. The van der Waals surface area contributed by atoms with Gasteiger partial charge < -0.3 is 15.5 Å². The Hall–Kier alpha value is -1.10. The van der Waals surface area contributed by atoms with E-state index in [4.69, 9.17) is 5.73 Å². The first kappa shape index (κ1) is 15.0. The standard InChI is InChI=1S/C13H25N3O2/c1-10(2)13(18)16-6-4-5-15(7-8-16)12(17)9-11(3)14/h10-11H,4-9,14H2,1-3H3. The fourth-order valence-corrected chi connectivity index (χ4v) is 2.16. The maximum Gasteiger partial charge on any atom is 0.225 e. The summed E-state index contributed by atoms with van der Waals surface area (Å²) >= 11 is 0. The van der Waals surface area contributed by atoms with E-state index in [0.717, 1.165) is 19.5 Å². The first-order valence-corrected chi connectivity index (χ1v) is 6.74. The molecule has 1 aliphatic rings. The van der Waals surface area contributed by atoms with Gasteiger partial charge in [0.25, 0.3) is 0 Å². The van der Waals surface area contributed by atoms with E-state index in [9.17, 15) is 9.59 Å². The summed E-state index contributed by atoms with van der Waals surface area (Å²) in [6.45, 7) is 8.40. The largest absolute Gasteiger partial charge is 0.341 e. The van der Waals surface area contributed by atoms with Crippen molar-refractivity contribution < 1.29 is 9.59 Å². The van der Waals surface area contributed by atoms with Crippen LogP contribution >= 0.6 is 0 Å². The van der Waals surface area contributed by atoms with E-state index in [2.05, 4.69) is 0 Å². The van der Waals surface area contributed by atoms with Crippen molar-refractivity contribution in [3.8, 4) is 0 Å². The number of rotatable bonds is 3. The van der Waals surface area contributed by atoms with Crippen molar-refractivity contribution >= 4 is 11.8 Å². The van der Waals surface area contributed by atoms with E-state index in [-0.39, 0.29) is 23.8 Å². The third kappa shape index (κ3) is 4.29. The van der Waals surface area contributed by atoms with Crippen LogP contribution in [0.4, 0.5) is 0 Å². The lowest BCUT2D eigenvalue weighted by molar-refractivity contribution is -0.135. The second-order valence-corrected chi connectivity index (χ2v) is 5.40. The van der Waals surface area contributed by atoms with Gasteiger partial charge in [-0.15, -0.1) is 0 Å². The minimum absolute atomic E-state index is 0.0244. The van der Waals surface area contributed by atoms with Gasteiger partial charge in [-0.05, 0) is 13.3 Å². The Balaban J connectivity index is 2.51. The fourth-order valence-electron chi connectivity index (χ4n) is 2.16. The number of hydrogen-bond donors (Lipinski definition) is 1. The van der Waals surface area contributed by atoms with Gasteiger partial charge in [0.05, 0.1) is 0 Å². The second-order valence-electron chi connectivity index (χ2n) is 5.40. The van der Waals surface area contributed by atoms with Gasteiger partial charge in [0.2, 0.25) is 11.8 Å². The predicted octanol–water partition coefficient (Wildman–Crippen LogP) is 0.441. The molecule has 0 aromatic carbocycles. The van der Waals surface area contributed by atoms with Gasteiger partial charge in [-0.25, -0.2) is 0 Å². The summed E-state index contributed by atoms with van der Waals surface area (Å²) in [5, 5.41) is 0. The Morgan fingerprint density at radius 1 is 1.06 bits per heavy atom. The molecule has 1 fully saturated rings. The quantitative estimate of drug-likeness (QED) is 0.796. The lowest BCUT2D eigenvalue weighted by Gasteiger charge is -2.24. The lowest BCUT2D eigenvalue weighted by Crippen LogP contribution is -2.40. The zero-order valence-electron chi connectivity index (χ0n) is 11.7. The third-order valence-corrected chi connectivity index (χ3v) is 3.15. The minimum Gasteiger partial charge on any atom is -0.341 e. The van der Waals surface area contributed by atoms with Crippen LogP contribution in [0, 0.1) is 5.92 Å². The van der Waals surface area contributed by atoms with Crippen molar-refractivity contribution in [2.24, 2.45) is 11.7 Å². The van der Waals surface area contributed by atoms with Gasteiger partial charge in [0, 0.05) is 44.6 Å². The van der Waals surface area contributed by atoms with E-state index in [1.165, 1.54) is 0 Å². The summed E-state index contributed by atoms with van der Waals surface area (Å²) in [7, 11) is 0. The van der Waals surface area contributed by atoms with E-state index in [0.29, 0.717) is 19.5 Å². The number of nitrogens with two attached hydrogens (primary N) is 1. The smallest absolute Gasteiger partial charge is 0.225 e. The molecule has 0 aliphatic carbocycles. The Morgan fingerprint density at radius 2 is 1.61 bits per heavy atom. The Bertz CT molecular complexity index is 303. The van der Waals surface area contributed by atoms with Crippen LogP contribution in [0.5, 0.6) is 0 Å². The molecule has 5 heteroatoms. The molecule has 2 amide bonds. The van der Waals surface area contributed by atoms with E-state index >= 15 is 0 Å². The summed E-state index contributed by atoms with van der Waals surface area (Å²) in [5.41, 5.74) is 5.64. The molecule has 1 unspecified atom stereocenters. The molecule has 0 saturated carbocycles. The molecule has 1 saturated heterocycles. The molecule has 1 atom stereocenters. The van der Waals surface area contributed by atoms with Crippen LogP contribution in [0.2, 0.25) is 0 Å². The zero-order chi connectivity index (χ0) is 13.7. The minimum atomic E-state index is -0.103. The van der Waals surface area contributed by atoms with Crippen molar-refractivity contribution in [3.05, 3.63) is 0 Å². The second kappa shape index (κ2) is 6.73. The van der Waals surface area contributed by atoms with Crippen LogP contribution in [0.25, 0.3) is 0 Å². The van der Waals surface area contributed by atoms with Crippen molar-refractivity contribution in [2.45, 2.75) is 39.7 Å². The molecule has 1 rings (SSSR count). The van der Waals surface area contributed by atoms with Gasteiger partial charge >= 0.3 is 0 Å². The third-order valence-electron chi connectivity index (χ3n) is 3.15. The van der Waals surface area contributed by atoms with Crippen LogP contribution in [-0.2, 0) is 9.59 Å². The molecular weight excluding hydrogens is 230 g/mol. The molecule has 0 spiro atoms. The molecule has 0 radical (unpaired) electrons. The molecule has 0 aromatic rings. The monoisotopic (exact) mass is 255 g/mol. The molecule has 5 nitrogen and oxygen atoms in total. The average Bonchev–Trinajstić information content (AvgIpc) is 2.52. The molecule has 1 aliphatic heterocycles. The van der Waals surface area contributed by atoms with Gasteiger partial charge in [-0.1, -0.05) is 13.8 Å². The molecule has 2 N–H and O–H groups in total. The van der Waals surface area contributed by atoms with E-state index in [1.807, 2.05) is 30.6 Å². The molecule has 0 aromatic heterocycles. The summed E-state index contributed by atoms with van der Waals surface area (Å²) in [6, 6.07) is -0.103. The normalized spacial score (nSPS) is 18.7. The topological polar surface area (TPSA) is 66.6 Å². The number of nitrogens with zero attached hydrogens (tertiary/aromatic N) is 2. The molecule has 104 valence electrons. The molecule has 1 heterocycles. The average molecular weight is 255 g/mol. The summed E-state index contributed by atoms with van der Waals surface area (Å²) in [4.78, 5) is 27.5. The summed E-state index contributed by atoms with van der Waals surface area (Å²) < 4.78 is 0. The fraction of sp³-hybridized carbons (Fsp3) is 0.846. The zero-order valence-corrected chi connectivity index (χ0v) is 11.7. The maximum atomic E-state index is 11.9. The van der Waals surface area contributed by atoms with Crippen LogP contribution in [-0.4, -0.2) is 53.8 Å². The number of hydrogen-bond acceptors (Lipinski definition) is 3. The lowest BCUT2D eigenvalue weighted by atomic mass is 10.2. The van der Waals surface area contributed by atoms with Crippen molar-refractivity contribution in [3.63, 3.8) is 0 Å². The number of carbonyl (C=O) groups excluding carboxylic acids is 2. The van der Waals surface area contributed by atoms with Crippen molar-refractivity contribution in [1.29, 1.82) is 0 Å². The summed E-state index contributed by atoms with van der Waals surface area (Å²) in [6.07, 6.45) is 1.24. The number of carbonyl (C=O) groups is 2. The first-order chi connectivity index (χ1) is 8.41.